The molecule has 152 valence electrons. The highest BCUT2D eigenvalue weighted by molar-refractivity contribution is 6.06. The lowest BCUT2D eigenvalue weighted by Gasteiger charge is -2.27. The van der Waals surface area contributed by atoms with Gasteiger partial charge >= 0.3 is 5.97 Å². The summed E-state index contributed by atoms with van der Waals surface area (Å²) in [4.78, 5) is 26.8. The first-order valence-corrected chi connectivity index (χ1v) is 9.18. The van der Waals surface area contributed by atoms with Crippen molar-refractivity contribution in [2.45, 2.75) is 19.5 Å². The number of hydrogen-bond acceptors (Lipinski definition) is 6. The number of carbonyl (C=O) groups is 2. The minimum absolute atomic E-state index is 0.0597. The predicted molar refractivity (Wildman–Crippen MR) is 106 cm³/mol. The number of benzene rings is 2. The van der Waals surface area contributed by atoms with Crippen molar-refractivity contribution < 1.29 is 28.9 Å². The number of esters is 1. The smallest absolute Gasteiger partial charge is 0.340 e. The van der Waals surface area contributed by atoms with Gasteiger partial charge in [0.1, 0.15) is 17.1 Å². The van der Waals surface area contributed by atoms with E-state index in [-0.39, 0.29) is 18.7 Å². The first-order chi connectivity index (χ1) is 14.0. The van der Waals surface area contributed by atoms with E-state index >= 15 is 0 Å². The highest BCUT2D eigenvalue weighted by atomic mass is 16.5. The van der Waals surface area contributed by atoms with Gasteiger partial charge in [-0.25, -0.2) is 4.79 Å². The molecular weight excluding hydrogens is 374 g/mol. The van der Waals surface area contributed by atoms with Gasteiger partial charge in [-0.05, 0) is 42.3 Å². The van der Waals surface area contributed by atoms with Crippen LogP contribution in [-0.4, -0.2) is 42.7 Å². The van der Waals surface area contributed by atoms with E-state index in [9.17, 15) is 14.7 Å². The molecule has 0 bridgehead atoms. The third kappa shape index (κ3) is 4.03. The summed E-state index contributed by atoms with van der Waals surface area (Å²) in [5.41, 5.74) is 1.44. The molecule has 1 heterocycles. The Morgan fingerprint density at radius 2 is 1.55 bits per heavy atom. The molecular formula is C22H23NO6. The highest BCUT2D eigenvalue weighted by Crippen LogP contribution is 2.39. The van der Waals surface area contributed by atoms with Gasteiger partial charge in [-0.3, -0.25) is 4.79 Å². The zero-order valence-electron chi connectivity index (χ0n) is 16.5. The summed E-state index contributed by atoms with van der Waals surface area (Å²) in [6, 6.07) is 13.5. The molecule has 3 rings (SSSR count). The average Bonchev–Trinajstić information content (AvgIpc) is 2.99. The van der Waals surface area contributed by atoms with Crippen LogP contribution in [0.3, 0.4) is 0 Å². The first kappa shape index (κ1) is 20.3. The molecule has 2 aromatic rings. The van der Waals surface area contributed by atoms with Crippen LogP contribution in [0.15, 0.2) is 59.9 Å². The third-order valence-electron chi connectivity index (χ3n) is 4.74. The third-order valence-corrected chi connectivity index (χ3v) is 4.74. The van der Waals surface area contributed by atoms with Crippen molar-refractivity contribution in [3.63, 3.8) is 0 Å². The lowest BCUT2D eigenvalue weighted by molar-refractivity contribution is -0.139. The fraction of sp³-hybridized carbons (Fsp3) is 0.273. The molecule has 0 saturated heterocycles. The van der Waals surface area contributed by atoms with Crippen molar-refractivity contribution >= 4 is 11.9 Å². The topological polar surface area (TPSA) is 85.3 Å². The summed E-state index contributed by atoms with van der Waals surface area (Å²) in [6.07, 6.45) is 0. The quantitative estimate of drug-likeness (QED) is 0.723. The Labute approximate surface area is 169 Å². The van der Waals surface area contributed by atoms with Crippen molar-refractivity contribution in [2.24, 2.45) is 0 Å². The van der Waals surface area contributed by atoms with Gasteiger partial charge in [0.05, 0.1) is 26.9 Å². The van der Waals surface area contributed by atoms with Gasteiger partial charge < -0.3 is 24.2 Å². The van der Waals surface area contributed by atoms with Gasteiger partial charge in [0.25, 0.3) is 5.91 Å². The second-order valence-corrected chi connectivity index (χ2v) is 6.44. The van der Waals surface area contributed by atoms with Crippen molar-refractivity contribution in [3.05, 3.63) is 71.0 Å². The van der Waals surface area contributed by atoms with Crippen LogP contribution >= 0.6 is 0 Å². The Hall–Kier alpha value is -3.48. The molecule has 1 amide bonds. The SMILES string of the molecule is CCOC(=O)C1=C(O)C(=O)N(Cc2ccc(OC)cc2)C1c1ccc(OC)cc1. The highest BCUT2D eigenvalue weighted by Gasteiger charge is 2.44. The maximum absolute atomic E-state index is 12.8. The summed E-state index contributed by atoms with van der Waals surface area (Å²) < 4.78 is 15.4. The molecule has 29 heavy (non-hydrogen) atoms. The van der Waals surface area contributed by atoms with Gasteiger partial charge in [-0.1, -0.05) is 24.3 Å². The molecule has 1 aliphatic rings. The number of amides is 1. The van der Waals surface area contributed by atoms with Crippen LogP contribution in [0.4, 0.5) is 0 Å². The number of nitrogens with zero attached hydrogens (tertiary/aromatic N) is 1. The van der Waals surface area contributed by atoms with Crippen molar-refractivity contribution in [3.8, 4) is 11.5 Å². The minimum Gasteiger partial charge on any atom is -0.503 e. The normalized spacial score (nSPS) is 16.2. The second-order valence-electron chi connectivity index (χ2n) is 6.44. The van der Waals surface area contributed by atoms with E-state index in [4.69, 9.17) is 14.2 Å². The average molecular weight is 397 g/mol. The van der Waals surface area contributed by atoms with Crippen LogP contribution in [0.1, 0.15) is 24.1 Å². The standard InChI is InChI=1S/C22H23NO6/c1-4-29-22(26)18-19(15-7-11-17(28-3)12-8-15)23(21(25)20(18)24)13-14-5-9-16(27-2)10-6-14/h5-12,19,24H,4,13H2,1-3H3. The van der Waals surface area contributed by atoms with Gasteiger partial charge in [-0.2, -0.15) is 0 Å². The van der Waals surface area contributed by atoms with Crippen LogP contribution in [0, 0.1) is 0 Å². The molecule has 0 aliphatic carbocycles. The number of methoxy groups -OCH3 is 2. The van der Waals surface area contributed by atoms with E-state index < -0.39 is 23.7 Å². The van der Waals surface area contributed by atoms with Crippen LogP contribution in [0.5, 0.6) is 11.5 Å². The van der Waals surface area contributed by atoms with Crippen LogP contribution in [0.25, 0.3) is 0 Å². The minimum atomic E-state index is -0.769. The van der Waals surface area contributed by atoms with Crippen molar-refractivity contribution in [1.29, 1.82) is 0 Å². The molecule has 1 atom stereocenters. The monoisotopic (exact) mass is 397 g/mol. The van der Waals surface area contributed by atoms with Gasteiger partial charge in [0.2, 0.25) is 0 Å². The summed E-state index contributed by atoms with van der Waals surface area (Å²) in [5, 5.41) is 10.5. The van der Waals surface area contributed by atoms with E-state index in [0.717, 1.165) is 5.56 Å². The van der Waals surface area contributed by atoms with Crippen molar-refractivity contribution in [1.82, 2.24) is 4.90 Å². The Morgan fingerprint density at radius 1 is 1.00 bits per heavy atom. The lowest BCUT2D eigenvalue weighted by atomic mass is 9.98. The van der Waals surface area contributed by atoms with Crippen molar-refractivity contribution in [2.75, 3.05) is 20.8 Å². The number of rotatable bonds is 7. The molecule has 2 aromatic carbocycles. The molecule has 0 saturated carbocycles. The molecule has 1 N–H and O–H groups in total. The first-order valence-electron chi connectivity index (χ1n) is 9.18. The number of aliphatic hydroxyl groups excluding tert-OH is 1. The number of ether oxygens (including phenoxy) is 3. The maximum Gasteiger partial charge on any atom is 0.340 e. The number of aliphatic hydroxyl groups is 1. The van der Waals surface area contributed by atoms with E-state index in [1.54, 1.807) is 57.5 Å². The van der Waals surface area contributed by atoms with Gasteiger partial charge in [0, 0.05) is 6.54 Å². The van der Waals surface area contributed by atoms with E-state index in [2.05, 4.69) is 0 Å². The van der Waals surface area contributed by atoms with Gasteiger partial charge in [0.15, 0.2) is 5.76 Å². The summed E-state index contributed by atoms with van der Waals surface area (Å²) in [7, 11) is 3.13. The Kier molecular flexibility index (Phi) is 6.07. The largest absolute Gasteiger partial charge is 0.503 e. The van der Waals surface area contributed by atoms with E-state index in [1.165, 1.54) is 4.90 Å². The number of carbonyl (C=O) groups excluding carboxylic acids is 2. The van der Waals surface area contributed by atoms with Crippen LogP contribution in [0.2, 0.25) is 0 Å². The van der Waals surface area contributed by atoms with Crippen LogP contribution < -0.4 is 9.47 Å². The molecule has 1 aliphatic heterocycles. The summed E-state index contributed by atoms with van der Waals surface area (Å²) in [5.74, 6) is -0.578. The fourth-order valence-electron chi connectivity index (χ4n) is 3.29. The molecule has 1 unspecified atom stereocenters. The molecule has 7 nitrogen and oxygen atoms in total. The zero-order valence-corrected chi connectivity index (χ0v) is 16.5. The maximum atomic E-state index is 12.8. The predicted octanol–water partition coefficient (Wildman–Crippen LogP) is 3.16. The van der Waals surface area contributed by atoms with Crippen LogP contribution in [-0.2, 0) is 20.9 Å². The molecule has 0 fully saturated rings. The fourth-order valence-corrected chi connectivity index (χ4v) is 3.29. The Balaban J connectivity index is 2.00. The molecule has 7 heteroatoms. The van der Waals surface area contributed by atoms with E-state index in [0.29, 0.717) is 17.1 Å². The molecule has 0 spiro atoms. The number of hydrogen-bond donors (Lipinski definition) is 1. The summed E-state index contributed by atoms with van der Waals surface area (Å²) in [6.45, 7) is 2.01. The molecule has 0 aromatic heterocycles. The van der Waals surface area contributed by atoms with Gasteiger partial charge in [-0.15, -0.1) is 0 Å². The van der Waals surface area contributed by atoms with E-state index in [1.807, 2.05) is 12.1 Å². The summed E-state index contributed by atoms with van der Waals surface area (Å²) >= 11 is 0. The Morgan fingerprint density at radius 3 is 2.07 bits per heavy atom. The molecule has 0 radical (unpaired) electrons. The Bertz CT molecular complexity index is 917. The lowest BCUT2D eigenvalue weighted by Crippen LogP contribution is -2.30. The second kappa shape index (κ2) is 8.68. The zero-order chi connectivity index (χ0) is 21.0.